The number of esters is 1. The van der Waals surface area contributed by atoms with Crippen LogP contribution in [0.2, 0.25) is 0 Å². The second-order valence-corrected chi connectivity index (χ2v) is 2.92. The van der Waals surface area contributed by atoms with E-state index in [0.29, 0.717) is 0 Å². The summed E-state index contributed by atoms with van der Waals surface area (Å²) in [5.41, 5.74) is 0. The summed E-state index contributed by atoms with van der Waals surface area (Å²) in [5, 5.41) is 3.05. The van der Waals surface area contributed by atoms with Crippen molar-refractivity contribution in [2.45, 2.75) is 18.9 Å². The molecule has 0 amide bonds. The molecular weight excluding hydrogens is 154 g/mol. The molecule has 1 aliphatic heterocycles. The van der Waals surface area contributed by atoms with Crippen LogP contribution in [0.4, 0.5) is 0 Å². The van der Waals surface area contributed by atoms with Crippen LogP contribution in [0, 0.1) is 18.3 Å². The molecule has 2 atom stereocenters. The highest BCUT2D eigenvalue weighted by Gasteiger charge is 2.24. The molecule has 3 heteroatoms. The topological polar surface area (TPSA) is 38.3 Å². The van der Waals surface area contributed by atoms with Gasteiger partial charge in [-0.3, -0.25) is 4.79 Å². The number of hydrogen-bond acceptors (Lipinski definition) is 3. The quantitative estimate of drug-likeness (QED) is 0.446. The van der Waals surface area contributed by atoms with Crippen molar-refractivity contribution >= 4 is 5.97 Å². The third-order valence-corrected chi connectivity index (χ3v) is 2.14. The highest BCUT2D eigenvalue weighted by Crippen LogP contribution is 2.13. The minimum Gasteiger partial charge on any atom is -0.468 e. The summed E-state index contributed by atoms with van der Waals surface area (Å²) in [6.07, 6.45) is 6.94. The second-order valence-electron chi connectivity index (χ2n) is 2.92. The lowest BCUT2D eigenvalue weighted by molar-refractivity contribution is -0.143. The number of hydrogen-bond donors (Lipinski definition) is 1. The van der Waals surface area contributed by atoms with Crippen LogP contribution in [0.3, 0.4) is 0 Å². The van der Waals surface area contributed by atoms with Crippen LogP contribution in [-0.4, -0.2) is 25.7 Å². The van der Waals surface area contributed by atoms with Crippen LogP contribution in [0.1, 0.15) is 12.8 Å². The first-order chi connectivity index (χ1) is 5.77. The predicted molar refractivity (Wildman–Crippen MR) is 45.4 cm³/mol. The van der Waals surface area contributed by atoms with Crippen LogP contribution in [0.5, 0.6) is 0 Å². The number of piperidine rings is 1. The van der Waals surface area contributed by atoms with Crippen LogP contribution in [-0.2, 0) is 9.53 Å². The maximum absolute atomic E-state index is 11.0. The molecular formula is C9H13NO2. The van der Waals surface area contributed by atoms with Crippen molar-refractivity contribution in [1.82, 2.24) is 5.32 Å². The van der Waals surface area contributed by atoms with E-state index in [1.165, 1.54) is 7.11 Å². The first kappa shape index (κ1) is 9.08. The van der Waals surface area contributed by atoms with Crippen molar-refractivity contribution in [3.8, 4) is 12.3 Å². The molecule has 0 bridgehead atoms. The Morgan fingerprint density at radius 3 is 2.83 bits per heavy atom. The van der Waals surface area contributed by atoms with Gasteiger partial charge in [0.25, 0.3) is 0 Å². The van der Waals surface area contributed by atoms with Crippen molar-refractivity contribution in [1.29, 1.82) is 0 Å². The summed E-state index contributed by atoms with van der Waals surface area (Å²) in [4.78, 5) is 11.0. The molecule has 1 fully saturated rings. The smallest absolute Gasteiger partial charge is 0.322 e. The summed E-state index contributed by atoms with van der Waals surface area (Å²) in [5.74, 6) is 2.75. The normalized spacial score (nSPS) is 29.0. The molecule has 3 nitrogen and oxygen atoms in total. The van der Waals surface area contributed by atoms with Crippen molar-refractivity contribution in [3.63, 3.8) is 0 Å². The Hall–Kier alpha value is -1.01. The average molecular weight is 167 g/mol. The number of nitrogens with one attached hydrogen (secondary N) is 1. The number of carbonyl (C=O) groups excluding carboxylic acids is 1. The lowest BCUT2D eigenvalue weighted by Crippen LogP contribution is -2.44. The van der Waals surface area contributed by atoms with Gasteiger partial charge in [-0.05, 0) is 12.8 Å². The van der Waals surface area contributed by atoms with Crippen molar-refractivity contribution < 1.29 is 9.53 Å². The Morgan fingerprint density at radius 1 is 1.67 bits per heavy atom. The van der Waals surface area contributed by atoms with Gasteiger partial charge < -0.3 is 10.1 Å². The molecule has 0 aromatic rings. The predicted octanol–water partition coefficient (Wildman–Crippen LogP) is 0.161. The zero-order chi connectivity index (χ0) is 8.97. The van der Waals surface area contributed by atoms with E-state index in [0.717, 1.165) is 19.4 Å². The van der Waals surface area contributed by atoms with E-state index in [1.54, 1.807) is 0 Å². The lowest BCUT2D eigenvalue weighted by Gasteiger charge is -2.24. The van der Waals surface area contributed by atoms with E-state index in [4.69, 9.17) is 6.42 Å². The molecule has 0 aliphatic carbocycles. The maximum Gasteiger partial charge on any atom is 0.322 e. The van der Waals surface area contributed by atoms with Crippen LogP contribution in [0.25, 0.3) is 0 Å². The van der Waals surface area contributed by atoms with Crippen molar-refractivity contribution in [2.75, 3.05) is 13.7 Å². The largest absolute Gasteiger partial charge is 0.468 e. The zero-order valence-corrected chi connectivity index (χ0v) is 7.17. The Morgan fingerprint density at radius 2 is 2.42 bits per heavy atom. The molecule has 1 aliphatic rings. The minimum atomic E-state index is -0.189. The summed E-state index contributed by atoms with van der Waals surface area (Å²) in [7, 11) is 1.40. The van der Waals surface area contributed by atoms with Crippen LogP contribution < -0.4 is 5.32 Å². The van der Waals surface area contributed by atoms with E-state index in [1.807, 2.05) is 0 Å². The molecule has 1 saturated heterocycles. The number of ether oxygens (including phenoxy) is 1. The Kier molecular flexibility index (Phi) is 3.12. The van der Waals surface area contributed by atoms with E-state index < -0.39 is 0 Å². The third-order valence-electron chi connectivity index (χ3n) is 2.14. The van der Waals surface area contributed by atoms with Gasteiger partial charge >= 0.3 is 5.97 Å². The molecule has 2 unspecified atom stereocenters. The van der Waals surface area contributed by atoms with Gasteiger partial charge in [0.15, 0.2) is 0 Å². The molecule has 1 N–H and O–H groups in total. The van der Waals surface area contributed by atoms with Gasteiger partial charge in [0.1, 0.15) is 6.04 Å². The van der Waals surface area contributed by atoms with E-state index >= 15 is 0 Å². The van der Waals surface area contributed by atoms with Gasteiger partial charge in [0.05, 0.1) is 7.11 Å². The van der Waals surface area contributed by atoms with Gasteiger partial charge in [0.2, 0.25) is 0 Å². The molecule has 0 aromatic heterocycles. The van der Waals surface area contributed by atoms with Crippen LogP contribution in [0.15, 0.2) is 0 Å². The van der Waals surface area contributed by atoms with Gasteiger partial charge in [0, 0.05) is 12.5 Å². The van der Waals surface area contributed by atoms with E-state index in [-0.39, 0.29) is 17.9 Å². The fourth-order valence-electron chi connectivity index (χ4n) is 1.34. The monoisotopic (exact) mass is 167 g/mol. The highest BCUT2D eigenvalue weighted by atomic mass is 16.5. The summed E-state index contributed by atoms with van der Waals surface area (Å²) < 4.78 is 4.61. The molecule has 66 valence electrons. The molecule has 0 spiro atoms. The summed E-state index contributed by atoms with van der Waals surface area (Å²) >= 11 is 0. The molecule has 12 heavy (non-hydrogen) atoms. The molecule has 0 radical (unpaired) electrons. The average Bonchev–Trinajstić information content (AvgIpc) is 2.17. The third kappa shape index (κ3) is 1.99. The summed E-state index contributed by atoms with van der Waals surface area (Å²) in [6.45, 7) is 0.719. The van der Waals surface area contributed by atoms with Gasteiger partial charge in [-0.2, -0.15) is 0 Å². The minimum absolute atomic E-state index is 0.153. The van der Waals surface area contributed by atoms with E-state index in [9.17, 15) is 4.79 Å². The SMILES string of the molecule is C#CC1CCC(C(=O)OC)NC1. The van der Waals surface area contributed by atoms with Gasteiger partial charge in [-0.1, -0.05) is 0 Å². The van der Waals surface area contributed by atoms with Crippen molar-refractivity contribution in [3.05, 3.63) is 0 Å². The van der Waals surface area contributed by atoms with E-state index in [2.05, 4.69) is 16.0 Å². The fraction of sp³-hybridized carbons (Fsp3) is 0.667. The standard InChI is InChI=1S/C9H13NO2/c1-3-7-4-5-8(10-6-7)9(11)12-2/h1,7-8,10H,4-6H2,2H3. The second kappa shape index (κ2) is 4.13. The lowest BCUT2D eigenvalue weighted by atomic mass is 9.95. The maximum atomic E-state index is 11.0. The zero-order valence-electron chi connectivity index (χ0n) is 7.17. The molecule has 1 rings (SSSR count). The van der Waals surface area contributed by atoms with Crippen LogP contribution >= 0.6 is 0 Å². The molecule has 0 aromatic carbocycles. The Labute approximate surface area is 72.5 Å². The van der Waals surface area contributed by atoms with Gasteiger partial charge in [-0.25, -0.2) is 0 Å². The molecule has 1 heterocycles. The highest BCUT2D eigenvalue weighted by molar-refractivity contribution is 5.75. The van der Waals surface area contributed by atoms with Gasteiger partial charge in [-0.15, -0.1) is 12.3 Å². The fourth-order valence-corrected chi connectivity index (χ4v) is 1.34. The molecule has 0 saturated carbocycles. The first-order valence-electron chi connectivity index (χ1n) is 4.05. The Bertz CT molecular complexity index is 199. The first-order valence-corrected chi connectivity index (χ1v) is 4.05. The number of carbonyl (C=O) groups is 1. The Balaban J connectivity index is 2.37. The number of rotatable bonds is 1. The van der Waals surface area contributed by atoms with Crippen molar-refractivity contribution in [2.24, 2.45) is 5.92 Å². The number of terminal acetylenes is 1. The number of methoxy groups -OCH3 is 1. The summed E-state index contributed by atoms with van der Waals surface area (Å²) in [6, 6.07) is -0.153.